The first kappa shape index (κ1) is 24.4. The number of hydrogen-bond acceptors (Lipinski definition) is 8. The van der Waals surface area contributed by atoms with Gasteiger partial charge >= 0.3 is 15.2 Å². The van der Waals surface area contributed by atoms with E-state index in [-0.39, 0.29) is 19.4 Å². The van der Waals surface area contributed by atoms with Crippen LogP contribution in [0, 0.1) is 0 Å². The summed E-state index contributed by atoms with van der Waals surface area (Å²) < 4.78 is 31.5. The van der Waals surface area contributed by atoms with Gasteiger partial charge in [0.2, 0.25) is 0 Å². The Bertz CT molecular complexity index is 348. The van der Waals surface area contributed by atoms with Crippen molar-refractivity contribution in [2.75, 3.05) is 38.8 Å². The van der Waals surface area contributed by atoms with Crippen LogP contribution in [0.3, 0.4) is 0 Å². The zero-order valence-corrected chi connectivity index (χ0v) is 14.4. The summed E-state index contributed by atoms with van der Waals surface area (Å²) in [6.07, 6.45) is -3.20. The Hall–Kier alpha value is 0.140. The normalized spacial score (nSPS) is 14.9. The predicted molar refractivity (Wildman–Crippen MR) is 78.8 cm³/mol. The number of rotatable bonds is 10. The summed E-state index contributed by atoms with van der Waals surface area (Å²) in [7, 11) is -7.35. The molecule has 0 saturated heterocycles. The molecule has 0 aliphatic rings. The molecule has 10 nitrogen and oxygen atoms in total. The molecule has 2 unspecified atom stereocenters. The fraction of sp³-hybridized carbons (Fsp3) is 1.00. The minimum absolute atomic E-state index is 0.162. The van der Waals surface area contributed by atoms with Crippen LogP contribution in [0.5, 0.6) is 0 Å². The molecule has 0 aromatic heterocycles. The van der Waals surface area contributed by atoms with Crippen LogP contribution in [0.4, 0.5) is 0 Å². The second-order valence-electron chi connectivity index (χ2n) is 4.15. The molecular weight excluding hydrogens is 342 g/mol. The molecule has 0 aliphatic heterocycles. The van der Waals surface area contributed by atoms with Crippen LogP contribution in [0.1, 0.15) is 13.8 Å². The summed E-state index contributed by atoms with van der Waals surface area (Å²) in [5.41, 5.74) is 0. The van der Waals surface area contributed by atoms with Crippen LogP contribution in [0.2, 0.25) is 0 Å². The third-order valence-electron chi connectivity index (χ3n) is 1.96. The molecule has 22 heavy (non-hydrogen) atoms. The molecule has 0 amide bonds. The predicted octanol–water partition coefficient (Wildman–Crippen LogP) is -0.877. The summed E-state index contributed by atoms with van der Waals surface area (Å²) in [4.78, 5) is 16.3. The van der Waals surface area contributed by atoms with Gasteiger partial charge in [-0.25, -0.2) is 0 Å². The third-order valence-corrected chi connectivity index (χ3v) is 5.03. The van der Waals surface area contributed by atoms with E-state index >= 15 is 0 Å². The topological polar surface area (TPSA) is 174 Å². The Morgan fingerprint density at radius 2 is 1.23 bits per heavy atom. The molecule has 0 fully saturated rings. The standard InChI is InChI=1S/C7H17O5P.C3H9O5P/c1-3-11-13(10,12-4-2)6-7(9)5-8;4-1-3(5)2-9(6,7)8/h7-9H,3-6H2,1-2H3;3-5H,1-2H2,(H2,6,7,8). The SMILES string of the molecule is CCOP(=O)(CC(O)CO)OCC.O=P(O)(O)CC(O)CO. The van der Waals surface area contributed by atoms with Crippen LogP contribution in [0.25, 0.3) is 0 Å². The van der Waals surface area contributed by atoms with Gasteiger partial charge < -0.3 is 39.3 Å². The van der Waals surface area contributed by atoms with E-state index in [1.807, 2.05) is 0 Å². The molecule has 0 bridgehead atoms. The van der Waals surface area contributed by atoms with E-state index in [0.29, 0.717) is 0 Å². The lowest BCUT2D eigenvalue weighted by Gasteiger charge is -2.18. The highest BCUT2D eigenvalue weighted by atomic mass is 31.2. The Labute approximate surface area is 129 Å². The quantitative estimate of drug-likeness (QED) is 0.266. The van der Waals surface area contributed by atoms with Crippen molar-refractivity contribution in [3.05, 3.63) is 0 Å². The maximum atomic E-state index is 11.7. The summed E-state index contributed by atoms with van der Waals surface area (Å²) >= 11 is 0. The first-order chi connectivity index (χ1) is 10.0. The summed E-state index contributed by atoms with van der Waals surface area (Å²) in [6.45, 7) is 2.84. The van der Waals surface area contributed by atoms with Crippen molar-refractivity contribution in [1.29, 1.82) is 0 Å². The van der Waals surface area contributed by atoms with Gasteiger partial charge in [0.15, 0.2) is 0 Å². The average Bonchev–Trinajstić information content (AvgIpc) is 2.37. The number of aliphatic hydroxyl groups is 4. The number of aliphatic hydroxyl groups excluding tert-OH is 4. The zero-order chi connectivity index (χ0) is 17.8. The summed E-state index contributed by atoms with van der Waals surface area (Å²) in [6, 6.07) is 0. The lowest BCUT2D eigenvalue weighted by Crippen LogP contribution is -2.19. The van der Waals surface area contributed by atoms with E-state index in [4.69, 9.17) is 39.3 Å². The number of hydrogen-bond donors (Lipinski definition) is 6. The van der Waals surface area contributed by atoms with Crippen molar-refractivity contribution in [2.24, 2.45) is 0 Å². The molecule has 0 saturated carbocycles. The van der Waals surface area contributed by atoms with Crippen LogP contribution in [-0.4, -0.2) is 81.2 Å². The van der Waals surface area contributed by atoms with Gasteiger partial charge in [-0.2, -0.15) is 0 Å². The lowest BCUT2D eigenvalue weighted by atomic mass is 10.4. The van der Waals surface area contributed by atoms with Crippen molar-refractivity contribution in [2.45, 2.75) is 26.1 Å². The monoisotopic (exact) mass is 368 g/mol. The van der Waals surface area contributed by atoms with Gasteiger partial charge in [0, 0.05) is 0 Å². The molecule has 12 heteroatoms. The van der Waals surface area contributed by atoms with Crippen molar-refractivity contribution < 1.29 is 48.4 Å². The van der Waals surface area contributed by atoms with Crippen molar-refractivity contribution in [3.63, 3.8) is 0 Å². The largest absolute Gasteiger partial charge is 0.394 e. The van der Waals surface area contributed by atoms with Crippen molar-refractivity contribution in [3.8, 4) is 0 Å². The van der Waals surface area contributed by atoms with Crippen LogP contribution >= 0.6 is 15.2 Å². The zero-order valence-electron chi connectivity index (χ0n) is 12.6. The van der Waals surface area contributed by atoms with Crippen LogP contribution < -0.4 is 0 Å². The lowest BCUT2D eigenvalue weighted by molar-refractivity contribution is 0.103. The van der Waals surface area contributed by atoms with E-state index < -0.39 is 46.8 Å². The second kappa shape index (κ2) is 12.5. The third kappa shape index (κ3) is 15.1. The van der Waals surface area contributed by atoms with Gasteiger partial charge in [-0.3, -0.25) is 9.13 Å². The highest BCUT2D eigenvalue weighted by Gasteiger charge is 2.26. The second-order valence-corrected chi connectivity index (χ2v) is 7.95. The van der Waals surface area contributed by atoms with E-state index in [2.05, 4.69) is 0 Å². The molecule has 0 rings (SSSR count). The molecular formula is C10H26O10P2. The first-order valence-corrected chi connectivity index (χ1v) is 10.1. The Balaban J connectivity index is 0. The highest BCUT2D eigenvalue weighted by molar-refractivity contribution is 7.53. The molecule has 0 aromatic carbocycles. The molecule has 0 heterocycles. The highest BCUT2D eigenvalue weighted by Crippen LogP contribution is 2.48. The molecule has 0 spiro atoms. The van der Waals surface area contributed by atoms with Gasteiger partial charge in [-0.1, -0.05) is 0 Å². The minimum Gasteiger partial charge on any atom is -0.394 e. The van der Waals surface area contributed by atoms with Gasteiger partial charge in [0.25, 0.3) is 0 Å². The minimum atomic E-state index is -4.15. The Morgan fingerprint density at radius 3 is 1.45 bits per heavy atom. The van der Waals surface area contributed by atoms with E-state index in [1.54, 1.807) is 13.8 Å². The molecule has 0 radical (unpaired) electrons. The molecule has 0 aromatic rings. The van der Waals surface area contributed by atoms with Crippen LogP contribution in [0.15, 0.2) is 0 Å². The Kier molecular flexibility index (Phi) is 13.9. The summed E-state index contributed by atoms with van der Waals surface area (Å²) in [5.74, 6) is 0. The van der Waals surface area contributed by atoms with Gasteiger partial charge in [-0.15, -0.1) is 0 Å². The Morgan fingerprint density at radius 1 is 0.864 bits per heavy atom. The fourth-order valence-corrected chi connectivity index (χ4v) is 3.55. The maximum absolute atomic E-state index is 11.7. The smallest absolute Gasteiger partial charge is 0.333 e. The molecule has 2 atom stereocenters. The van der Waals surface area contributed by atoms with Crippen molar-refractivity contribution >= 4 is 15.2 Å². The van der Waals surface area contributed by atoms with Gasteiger partial charge in [0.1, 0.15) is 0 Å². The van der Waals surface area contributed by atoms with E-state index in [0.717, 1.165) is 0 Å². The first-order valence-electron chi connectivity index (χ1n) is 6.54. The maximum Gasteiger partial charge on any atom is 0.333 e. The molecule has 136 valence electrons. The van der Waals surface area contributed by atoms with Gasteiger partial charge in [0.05, 0.1) is 51.0 Å². The fourth-order valence-electron chi connectivity index (χ4n) is 1.18. The molecule has 6 N–H and O–H groups in total. The van der Waals surface area contributed by atoms with Crippen molar-refractivity contribution in [1.82, 2.24) is 0 Å². The van der Waals surface area contributed by atoms with Gasteiger partial charge in [-0.05, 0) is 13.8 Å². The average molecular weight is 368 g/mol. The summed E-state index contributed by atoms with van der Waals surface area (Å²) in [5, 5.41) is 34.2. The van der Waals surface area contributed by atoms with Crippen LogP contribution in [-0.2, 0) is 18.2 Å². The van der Waals surface area contributed by atoms with E-state index in [9.17, 15) is 9.13 Å². The molecule has 0 aliphatic carbocycles. The van der Waals surface area contributed by atoms with E-state index in [1.165, 1.54) is 0 Å².